The molecule has 0 aliphatic heterocycles. The molecule has 0 aliphatic rings. The number of nitrogens with zero attached hydrogens (tertiary/aromatic N) is 1. The quantitative estimate of drug-likeness (QED) is 0.598. The summed E-state index contributed by atoms with van der Waals surface area (Å²) >= 11 is 0. The average Bonchev–Trinajstić information content (AvgIpc) is 2.80. The molecule has 3 rings (SSSR count). The lowest BCUT2D eigenvalue weighted by molar-refractivity contribution is -0.122. The Bertz CT molecular complexity index is 1090. The molecule has 156 valence electrons. The molecule has 2 N–H and O–H groups in total. The number of amides is 2. The molecular formula is C25H23N3O3. The number of rotatable bonds is 7. The second-order valence-electron chi connectivity index (χ2n) is 7.04. The van der Waals surface area contributed by atoms with Gasteiger partial charge in [0.15, 0.2) is 6.10 Å². The Morgan fingerprint density at radius 1 is 0.903 bits per heavy atom. The van der Waals surface area contributed by atoms with Gasteiger partial charge in [0.25, 0.3) is 11.8 Å². The summed E-state index contributed by atoms with van der Waals surface area (Å²) in [6, 6.07) is 24.8. The van der Waals surface area contributed by atoms with Crippen molar-refractivity contribution >= 4 is 17.5 Å². The van der Waals surface area contributed by atoms with Crippen molar-refractivity contribution in [3.8, 4) is 11.8 Å². The average molecular weight is 413 g/mol. The van der Waals surface area contributed by atoms with E-state index in [1.165, 1.54) is 0 Å². The van der Waals surface area contributed by atoms with Crippen LogP contribution in [0.5, 0.6) is 5.75 Å². The molecule has 0 radical (unpaired) electrons. The fraction of sp³-hybridized carbons (Fsp3) is 0.160. The molecule has 0 heterocycles. The first-order chi connectivity index (χ1) is 15.0. The molecule has 0 aromatic heterocycles. The molecule has 0 fully saturated rings. The molecule has 6 nitrogen and oxygen atoms in total. The maximum atomic E-state index is 12.8. The normalized spacial score (nSPS) is 12.2. The van der Waals surface area contributed by atoms with E-state index in [-0.39, 0.29) is 17.9 Å². The van der Waals surface area contributed by atoms with Crippen LogP contribution in [-0.4, -0.2) is 17.9 Å². The summed E-state index contributed by atoms with van der Waals surface area (Å²) in [6.07, 6.45) is -0.799. The highest BCUT2D eigenvalue weighted by Gasteiger charge is 2.19. The van der Waals surface area contributed by atoms with Gasteiger partial charge in [0.2, 0.25) is 0 Å². The molecule has 0 saturated heterocycles. The van der Waals surface area contributed by atoms with Crippen LogP contribution >= 0.6 is 0 Å². The summed E-state index contributed by atoms with van der Waals surface area (Å²) in [5, 5.41) is 14.6. The fourth-order valence-electron chi connectivity index (χ4n) is 2.99. The second kappa shape index (κ2) is 10.1. The van der Waals surface area contributed by atoms with E-state index >= 15 is 0 Å². The van der Waals surface area contributed by atoms with E-state index in [1.54, 1.807) is 55.5 Å². The number of nitriles is 1. The lowest BCUT2D eigenvalue weighted by Crippen LogP contribution is -2.32. The molecule has 0 spiro atoms. The van der Waals surface area contributed by atoms with Crippen LogP contribution in [0.15, 0.2) is 78.9 Å². The van der Waals surface area contributed by atoms with Crippen LogP contribution in [0.1, 0.15) is 41.4 Å². The second-order valence-corrected chi connectivity index (χ2v) is 7.04. The van der Waals surface area contributed by atoms with Gasteiger partial charge in [-0.25, -0.2) is 0 Å². The molecule has 2 amide bonds. The van der Waals surface area contributed by atoms with Crippen molar-refractivity contribution in [2.45, 2.75) is 26.0 Å². The topological polar surface area (TPSA) is 91.2 Å². The van der Waals surface area contributed by atoms with Crippen LogP contribution < -0.4 is 15.4 Å². The number of carbonyl (C=O) groups excluding carboxylic acids is 2. The van der Waals surface area contributed by atoms with Crippen molar-refractivity contribution in [1.29, 1.82) is 5.26 Å². The Balaban J connectivity index is 1.67. The van der Waals surface area contributed by atoms with Crippen molar-refractivity contribution < 1.29 is 14.3 Å². The largest absolute Gasteiger partial charge is 0.481 e. The molecule has 2 unspecified atom stereocenters. The zero-order chi connectivity index (χ0) is 22.2. The highest BCUT2D eigenvalue weighted by atomic mass is 16.5. The number of ether oxygens (including phenoxy) is 1. The highest BCUT2D eigenvalue weighted by Crippen LogP contribution is 2.19. The van der Waals surface area contributed by atoms with Crippen LogP contribution in [-0.2, 0) is 4.79 Å². The van der Waals surface area contributed by atoms with Crippen molar-refractivity contribution in [3.63, 3.8) is 0 Å². The lowest BCUT2D eigenvalue weighted by Gasteiger charge is -2.18. The first-order valence-electron chi connectivity index (χ1n) is 9.90. The number of benzene rings is 3. The molecule has 0 bridgehead atoms. The predicted octanol–water partition coefficient (Wildman–Crippen LogP) is 4.46. The van der Waals surface area contributed by atoms with Gasteiger partial charge in [0.1, 0.15) is 5.75 Å². The minimum Gasteiger partial charge on any atom is -0.481 e. The highest BCUT2D eigenvalue weighted by molar-refractivity contribution is 6.04. The monoisotopic (exact) mass is 413 g/mol. The zero-order valence-electron chi connectivity index (χ0n) is 17.3. The number of hydrogen-bond acceptors (Lipinski definition) is 4. The minimum atomic E-state index is -0.799. The fourth-order valence-corrected chi connectivity index (χ4v) is 2.99. The first-order valence-corrected chi connectivity index (χ1v) is 9.90. The Morgan fingerprint density at radius 2 is 1.55 bits per heavy atom. The Labute approximate surface area is 181 Å². The SMILES string of the molecule is CC(Oc1ccc(C#N)cc1)C(=O)Nc1ccccc1C(=O)NC(C)c1ccccc1. The van der Waals surface area contributed by atoms with Gasteiger partial charge in [0.05, 0.1) is 28.9 Å². The molecule has 3 aromatic rings. The summed E-state index contributed by atoms with van der Waals surface area (Å²) in [5.41, 5.74) is 2.26. The van der Waals surface area contributed by atoms with E-state index in [2.05, 4.69) is 10.6 Å². The number of nitrogens with one attached hydrogen (secondary N) is 2. The van der Waals surface area contributed by atoms with Crippen LogP contribution in [0, 0.1) is 11.3 Å². The standard InChI is InChI=1S/C25H23N3O3/c1-17(20-8-4-3-5-9-20)27-25(30)22-10-6-7-11-23(22)28-24(29)18(2)31-21-14-12-19(16-26)13-15-21/h3-15,17-18H,1-2H3,(H,27,30)(H,28,29). The predicted molar refractivity (Wildman–Crippen MR) is 119 cm³/mol. The Kier molecular flexibility index (Phi) is 7.02. The summed E-state index contributed by atoms with van der Waals surface area (Å²) < 4.78 is 5.65. The van der Waals surface area contributed by atoms with Gasteiger partial charge in [-0.2, -0.15) is 5.26 Å². The third-order valence-corrected chi connectivity index (χ3v) is 4.74. The third-order valence-electron chi connectivity index (χ3n) is 4.74. The first kappa shape index (κ1) is 21.6. The van der Waals surface area contributed by atoms with Crippen LogP contribution in [0.2, 0.25) is 0 Å². The van der Waals surface area contributed by atoms with Gasteiger partial charge in [-0.3, -0.25) is 9.59 Å². The van der Waals surface area contributed by atoms with Crippen molar-refractivity contribution in [2.75, 3.05) is 5.32 Å². The van der Waals surface area contributed by atoms with Crippen molar-refractivity contribution in [1.82, 2.24) is 5.32 Å². The third kappa shape index (κ3) is 5.71. The van der Waals surface area contributed by atoms with Gasteiger partial charge < -0.3 is 15.4 Å². The van der Waals surface area contributed by atoms with E-state index in [9.17, 15) is 9.59 Å². The van der Waals surface area contributed by atoms with Crippen molar-refractivity contribution in [2.24, 2.45) is 0 Å². The van der Waals surface area contributed by atoms with E-state index in [1.807, 2.05) is 43.3 Å². The molecular weight excluding hydrogens is 390 g/mol. The Morgan fingerprint density at radius 3 is 2.23 bits per heavy atom. The van der Waals surface area contributed by atoms with Crippen molar-refractivity contribution in [3.05, 3.63) is 95.6 Å². The molecule has 2 atom stereocenters. The number of para-hydroxylation sites is 1. The Hall–Kier alpha value is -4.11. The summed E-state index contributed by atoms with van der Waals surface area (Å²) in [7, 11) is 0. The van der Waals surface area contributed by atoms with Crippen LogP contribution in [0.25, 0.3) is 0 Å². The van der Waals surface area contributed by atoms with Crippen LogP contribution in [0.3, 0.4) is 0 Å². The number of hydrogen-bond donors (Lipinski definition) is 2. The van der Waals surface area contributed by atoms with Gasteiger partial charge in [-0.15, -0.1) is 0 Å². The molecule has 6 heteroatoms. The molecule has 31 heavy (non-hydrogen) atoms. The van der Waals surface area contributed by atoms with Gasteiger partial charge in [-0.1, -0.05) is 42.5 Å². The van der Waals surface area contributed by atoms with E-state index in [0.717, 1.165) is 5.56 Å². The van der Waals surface area contributed by atoms with E-state index < -0.39 is 6.10 Å². The van der Waals surface area contributed by atoms with E-state index in [4.69, 9.17) is 10.00 Å². The summed E-state index contributed by atoms with van der Waals surface area (Å²) in [4.78, 5) is 25.5. The van der Waals surface area contributed by atoms with E-state index in [0.29, 0.717) is 22.6 Å². The lowest BCUT2D eigenvalue weighted by atomic mass is 10.1. The minimum absolute atomic E-state index is 0.184. The summed E-state index contributed by atoms with van der Waals surface area (Å²) in [6.45, 7) is 3.52. The van der Waals surface area contributed by atoms with Gasteiger partial charge in [-0.05, 0) is 55.8 Å². The van der Waals surface area contributed by atoms with Gasteiger partial charge in [0, 0.05) is 0 Å². The van der Waals surface area contributed by atoms with Crippen LogP contribution in [0.4, 0.5) is 5.69 Å². The molecule has 0 aliphatic carbocycles. The number of carbonyl (C=O) groups is 2. The maximum absolute atomic E-state index is 12.8. The maximum Gasteiger partial charge on any atom is 0.265 e. The smallest absolute Gasteiger partial charge is 0.265 e. The zero-order valence-corrected chi connectivity index (χ0v) is 17.3. The molecule has 0 saturated carbocycles. The molecule has 3 aromatic carbocycles. The summed E-state index contributed by atoms with van der Waals surface area (Å²) in [5.74, 6) is -0.196. The van der Waals surface area contributed by atoms with Gasteiger partial charge >= 0.3 is 0 Å². The number of anilines is 1.